The second kappa shape index (κ2) is 1.72. The van der Waals surface area contributed by atoms with Gasteiger partial charge in [-0.25, -0.2) is 0 Å². The summed E-state index contributed by atoms with van der Waals surface area (Å²) in [5.74, 6) is 2.48. The summed E-state index contributed by atoms with van der Waals surface area (Å²) in [6, 6.07) is 0. The van der Waals surface area contributed by atoms with E-state index in [1.807, 2.05) is 6.92 Å². The first-order valence-corrected chi connectivity index (χ1v) is 3.97. The van der Waals surface area contributed by atoms with E-state index >= 15 is 0 Å². The Labute approximate surface area is 56.1 Å². The third kappa shape index (κ3) is 0.644. The number of aliphatic hydroxyl groups excluding tert-OH is 1. The second-order valence-electron chi connectivity index (χ2n) is 3.65. The molecule has 0 heterocycles. The third-order valence-corrected chi connectivity index (χ3v) is 3.16. The Morgan fingerprint density at radius 1 is 1.33 bits per heavy atom. The molecule has 0 aromatic heterocycles. The van der Waals surface area contributed by atoms with E-state index in [9.17, 15) is 5.11 Å². The van der Waals surface area contributed by atoms with Crippen LogP contribution in [0.15, 0.2) is 0 Å². The number of aliphatic hydroxyl groups is 1. The molecule has 0 aromatic rings. The SMILES string of the molecule is CC(O)C1[C@@H]2CC[C@H]1C2. The Balaban J connectivity index is 2.02. The summed E-state index contributed by atoms with van der Waals surface area (Å²) >= 11 is 0. The van der Waals surface area contributed by atoms with Crippen molar-refractivity contribution in [2.75, 3.05) is 0 Å². The van der Waals surface area contributed by atoms with Gasteiger partial charge >= 0.3 is 0 Å². The molecule has 3 rings (SSSR count). The highest BCUT2D eigenvalue weighted by atomic mass is 16.3. The predicted octanol–water partition coefficient (Wildman–Crippen LogP) is 1.41. The molecule has 3 fully saturated rings. The number of fused-ring (bicyclic) bond motifs is 1. The third-order valence-electron chi connectivity index (χ3n) is 3.16. The highest BCUT2D eigenvalue weighted by Crippen LogP contribution is 2.54. The Hall–Kier alpha value is -0.0400. The molecule has 52 valence electrons. The molecule has 1 N–H and O–H groups in total. The Morgan fingerprint density at radius 2 is 1.89 bits per heavy atom. The zero-order valence-corrected chi connectivity index (χ0v) is 5.88. The van der Waals surface area contributed by atoms with Gasteiger partial charge in [-0.1, -0.05) is 0 Å². The molecule has 3 aliphatic carbocycles. The molecule has 1 heteroatoms. The summed E-state index contributed by atoms with van der Waals surface area (Å²) in [5.41, 5.74) is 0. The molecular formula is C8H14O. The predicted molar refractivity (Wildman–Crippen MR) is 36.0 cm³/mol. The van der Waals surface area contributed by atoms with Gasteiger partial charge in [0.1, 0.15) is 0 Å². The molecule has 9 heavy (non-hydrogen) atoms. The van der Waals surface area contributed by atoms with Gasteiger partial charge in [-0.3, -0.25) is 0 Å². The van der Waals surface area contributed by atoms with Crippen LogP contribution in [0.2, 0.25) is 0 Å². The highest BCUT2D eigenvalue weighted by Gasteiger charge is 2.48. The van der Waals surface area contributed by atoms with Gasteiger partial charge < -0.3 is 5.11 Å². The molecule has 2 unspecified atom stereocenters. The Kier molecular flexibility index (Phi) is 1.10. The van der Waals surface area contributed by atoms with Gasteiger partial charge in [0, 0.05) is 0 Å². The van der Waals surface area contributed by atoms with Crippen LogP contribution < -0.4 is 0 Å². The van der Waals surface area contributed by atoms with Crippen molar-refractivity contribution in [3.63, 3.8) is 0 Å². The van der Waals surface area contributed by atoms with E-state index in [-0.39, 0.29) is 6.10 Å². The standard InChI is InChI=1S/C8H14O/c1-5(9)8-6-2-3-7(8)4-6/h5-9H,2-4H2,1H3/t5?,6-,7+,8?. The minimum absolute atomic E-state index is 0.0313. The summed E-state index contributed by atoms with van der Waals surface area (Å²) in [7, 11) is 0. The molecule has 0 aromatic carbocycles. The van der Waals surface area contributed by atoms with Crippen molar-refractivity contribution in [3.8, 4) is 0 Å². The first kappa shape index (κ1) is 5.72. The van der Waals surface area contributed by atoms with E-state index in [1.54, 1.807) is 0 Å². The van der Waals surface area contributed by atoms with Crippen molar-refractivity contribution in [2.45, 2.75) is 32.3 Å². The average Bonchev–Trinajstić information content (AvgIpc) is 2.13. The Bertz CT molecular complexity index is 106. The normalized spacial score (nSPS) is 50.7. The summed E-state index contributed by atoms with van der Waals surface area (Å²) in [6.45, 7) is 1.94. The fourth-order valence-corrected chi connectivity index (χ4v) is 2.73. The maximum absolute atomic E-state index is 9.25. The molecule has 3 aliphatic rings. The van der Waals surface area contributed by atoms with E-state index in [1.165, 1.54) is 19.3 Å². The molecule has 0 aliphatic heterocycles. The monoisotopic (exact) mass is 126 g/mol. The zero-order valence-electron chi connectivity index (χ0n) is 5.88. The number of hydrogen-bond donors (Lipinski definition) is 1. The lowest BCUT2D eigenvalue weighted by molar-refractivity contribution is 0.0129. The van der Waals surface area contributed by atoms with Crippen molar-refractivity contribution in [1.29, 1.82) is 0 Å². The van der Waals surface area contributed by atoms with Crippen molar-refractivity contribution in [3.05, 3.63) is 0 Å². The van der Waals surface area contributed by atoms with Gasteiger partial charge in [0.25, 0.3) is 0 Å². The van der Waals surface area contributed by atoms with Gasteiger partial charge in [0.05, 0.1) is 6.10 Å². The lowest BCUT2D eigenvalue weighted by Crippen LogP contribution is -2.36. The zero-order chi connectivity index (χ0) is 6.43. The van der Waals surface area contributed by atoms with Gasteiger partial charge in [0.2, 0.25) is 0 Å². The van der Waals surface area contributed by atoms with E-state index in [2.05, 4.69) is 0 Å². The van der Waals surface area contributed by atoms with Crippen molar-refractivity contribution in [2.24, 2.45) is 17.8 Å². The summed E-state index contributed by atoms with van der Waals surface area (Å²) in [4.78, 5) is 0. The van der Waals surface area contributed by atoms with Gasteiger partial charge in [0.15, 0.2) is 0 Å². The maximum atomic E-state index is 9.25. The number of rotatable bonds is 1. The highest BCUT2D eigenvalue weighted by molar-refractivity contribution is 4.98. The minimum Gasteiger partial charge on any atom is -0.393 e. The molecular weight excluding hydrogens is 112 g/mol. The van der Waals surface area contributed by atoms with Crippen LogP contribution in [0.25, 0.3) is 0 Å². The van der Waals surface area contributed by atoms with Crippen LogP contribution in [0.5, 0.6) is 0 Å². The molecule has 1 nitrogen and oxygen atoms in total. The smallest absolute Gasteiger partial charge is 0.0545 e. The van der Waals surface area contributed by atoms with E-state index in [0.29, 0.717) is 5.92 Å². The van der Waals surface area contributed by atoms with Crippen molar-refractivity contribution >= 4 is 0 Å². The summed E-state index contributed by atoms with van der Waals surface area (Å²) in [6.07, 6.45) is 4.16. The second-order valence-corrected chi connectivity index (χ2v) is 3.65. The molecule has 0 amide bonds. The van der Waals surface area contributed by atoms with Gasteiger partial charge in [-0.2, -0.15) is 0 Å². The minimum atomic E-state index is -0.0313. The van der Waals surface area contributed by atoms with Crippen molar-refractivity contribution in [1.82, 2.24) is 0 Å². The van der Waals surface area contributed by atoms with Crippen LogP contribution in [0, 0.1) is 17.8 Å². The lowest BCUT2D eigenvalue weighted by Gasteiger charge is -2.37. The van der Waals surface area contributed by atoms with E-state index in [4.69, 9.17) is 0 Å². The van der Waals surface area contributed by atoms with Crippen molar-refractivity contribution < 1.29 is 5.11 Å². The quantitative estimate of drug-likeness (QED) is 0.563. The molecule has 0 spiro atoms. The largest absolute Gasteiger partial charge is 0.393 e. The van der Waals surface area contributed by atoms with Crippen LogP contribution in [0.4, 0.5) is 0 Å². The molecule has 4 atom stereocenters. The molecule has 2 bridgehead atoms. The summed E-state index contributed by atoms with van der Waals surface area (Å²) < 4.78 is 0. The van der Waals surface area contributed by atoms with Crippen LogP contribution in [0.1, 0.15) is 26.2 Å². The molecule has 0 radical (unpaired) electrons. The molecule has 3 saturated carbocycles. The molecule has 0 saturated heterocycles. The summed E-state index contributed by atoms with van der Waals surface area (Å²) in [5, 5.41) is 9.25. The van der Waals surface area contributed by atoms with Crippen LogP contribution in [-0.2, 0) is 0 Å². The maximum Gasteiger partial charge on any atom is 0.0545 e. The fourth-order valence-electron chi connectivity index (χ4n) is 2.73. The van der Waals surface area contributed by atoms with Crippen LogP contribution in [-0.4, -0.2) is 11.2 Å². The fraction of sp³-hybridized carbons (Fsp3) is 1.00. The first-order chi connectivity index (χ1) is 4.29. The topological polar surface area (TPSA) is 20.2 Å². The Morgan fingerprint density at radius 3 is 2.11 bits per heavy atom. The van der Waals surface area contributed by atoms with Gasteiger partial charge in [-0.15, -0.1) is 0 Å². The van der Waals surface area contributed by atoms with E-state index < -0.39 is 0 Å². The van der Waals surface area contributed by atoms with E-state index in [0.717, 1.165) is 11.8 Å². The number of hydrogen-bond acceptors (Lipinski definition) is 1. The van der Waals surface area contributed by atoms with Crippen LogP contribution >= 0.6 is 0 Å². The van der Waals surface area contributed by atoms with Gasteiger partial charge in [-0.05, 0) is 43.9 Å². The lowest BCUT2D eigenvalue weighted by atomic mass is 9.70. The first-order valence-electron chi connectivity index (χ1n) is 3.97. The average molecular weight is 126 g/mol. The van der Waals surface area contributed by atoms with Crippen LogP contribution in [0.3, 0.4) is 0 Å².